The van der Waals surface area contributed by atoms with Crippen LogP contribution < -0.4 is 5.32 Å². The van der Waals surface area contributed by atoms with Gasteiger partial charge < -0.3 is 10.4 Å². The van der Waals surface area contributed by atoms with Gasteiger partial charge in [-0.25, -0.2) is 5.01 Å². The van der Waals surface area contributed by atoms with E-state index in [0.29, 0.717) is 37.9 Å². The summed E-state index contributed by atoms with van der Waals surface area (Å²) in [7, 11) is 1.76. The van der Waals surface area contributed by atoms with Crippen molar-refractivity contribution >= 4 is 5.91 Å². The lowest BCUT2D eigenvalue weighted by Gasteiger charge is -2.30. The van der Waals surface area contributed by atoms with Crippen LogP contribution in [0, 0.1) is 0 Å². The summed E-state index contributed by atoms with van der Waals surface area (Å²) in [5.74, 6) is -0.0433. The maximum atomic E-state index is 12.8. The van der Waals surface area contributed by atoms with E-state index in [9.17, 15) is 9.90 Å². The Bertz CT molecular complexity index is 554. The molecule has 7 heteroatoms. The molecule has 0 saturated heterocycles. The summed E-state index contributed by atoms with van der Waals surface area (Å²) in [6.07, 6.45) is 0.395. The number of hydrogen-bond donors (Lipinski definition) is 2. The zero-order valence-electron chi connectivity index (χ0n) is 12.8. The third-order valence-electron chi connectivity index (χ3n) is 4.23. The first kappa shape index (κ1) is 14.5. The van der Waals surface area contributed by atoms with Crippen molar-refractivity contribution in [1.82, 2.24) is 25.1 Å². The monoisotopic (exact) mass is 293 g/mol. The average molecular weight is 293 g/mol. The van der Waals surface area contributed by atoms with Crippen molar-refractivity contribution < 1.29 is 9.90 Å². The Balaban J connectivity index is 1.92. The number of amides is 1. The molecule has 2 aliphatic rings. The smallest absolute Gasteiger partial charge is 0.286 e. The number of fused-ring (bicyclic) bond motifs is 3. The lowest BCUT2D eigenvalue weighted by molar-refractivity contribution is -0.0143. The van der Waals surface area contributed by atoms with E-state index < -0.39 is 6.10 Å². The zero-order chi connectivity index (χ0) is 15.1. The van der Waals surface area contributed by atoms with Gasteiger partial charge in [-0.15, -0.1) is 0 Å². The normalized spacial score (nSPS) is 24.5. The largest absolute Gasteiger partial charge is 0.392 e. The summed E-state index contributed by atoms with van der Waals surface area (Å²) in [5.41, 5.74) is 2.77. The maximum absolute atomic E-state index is 12.8. The number of nitrogens with zero attached hydrogens (tertiary/aromatic N) is 4. The Morgan fingerprint density at radius 1 is 1.48 bits per heavy atom. The number of β-amino-alcohol motifs (C(OH)–C–C–N with tert-alkyl or cyclic N) is 1. The fourth-order valence-electron chi connectivity index (χ4n) is 3.10. The number of rotatable bonds is 2. The second-order valence-corrected chi connectivity index (χ2v) is 6.07. The minimum atomic E-state index is -0.470. The van der Waals surface area contributed by atoms with E-state index in [1.165, 1.54) is 0 Å². The Hall–Kier alpha value is -1.44. The van der Waals surface area contributed by atoms with Crippen LogP contribution in [-0.4, -0.2) is 63.1 Å². The highest BCUT2D eigenvalue weighted by Gasteiger charge is 2.33. The minimum absolute atomic E-state index is 0.0433. The number of hydrogen-bond acceptors (Lipinski definition) is 5. The molecular weight excluding hydrogens is 270 g/mol. The summed E-state index contributed by atoms with van der Waals surface area (Å²) in [4.78, 5) is 12.8. The number of aliphatic hydroxyl groups excluding tert-OH is 1. The molecule has 3 rings (SSSR count). The number of carbonyl (C=O) groups is 1. The Labute approximate surface area is 124 Å². The van der Waals surface area contributed by atoms with Gasteiger partial charge in [0.2, 0.25) is 0 Å². The SMILES string of the molecule is CC(O)CN1CCn2nc3c(c2C(=O)N1C)CN[C@H](C)C3. The molecule has 0 aromatic carbocycles. The molecule has 3 heterocycles. The van der Waals surface area contributed by atoms with E-state index in [1.54, 1.807) is 19.0 Å². The lowest BCUT2D eigenvalue weighted by atomic mass is 10.0. The van der Waals surface area contributed by atoms with Crippen molar-refractivity contribution in [3.05, 3.63) is 17.0 Å². The predicted octanol–water partition coefficient (Wildman–Crippen LogP) is -0.399. The number of aliphatic hydroxyl groups is 1. The van der Waals surface area contributed by atoms with Crippen molar-refractivity contribution in [2.45, 2.75) is 45.5 Å². The molecule has 0 radical (unpaired) electrons. The highest BCUT2D eigenvalue weighted by atomic mass is 16.3. The molecule has 1 aromatic heterocycles. The standard InChI is InChI=1S/C14H23N5O2/c1-9-6-12-11(7-15-9)13-14(21)17(3)18(8-10(2)20)4-5-19(13)16-12/h9-10,15,20H,4-8H2,1-3H3/t9-,10?/m1/s1. The van der Waals surface area contributed by atoms with Crippen LogP contribution in [0.5, 0.6) is 0 Å². The first-order chi connectivity index (χ1) is 9.97. The molecule has 0 aliphatic carbocycles. The molecule has 1 unspecified atom stereocenters. The Morgan fingerprint density at radius 2 is 2.24 bits per heavy atom. The van der Waals surface area contributed by atoms with Crippen molar-refractivity contribution in [1.29, 1.82) is 0 Å². The highest BCUT2D eigenvalue weighted by Crippen LogP contribution is 2.23. The van der Waals surface area contributed by atoms with Gasteiger partial charge in [0.1, 0.15) is 5.69 Å². The number of hydrazine groups is 1. The second kappa shape index (κ2) is 5.40. The van der Waals surface area contributed by atoms with Gasteiger partial charge in [-0.1, -0.05) is 0 Å². The van der Waals surface area contributed by atoms with E-state index in [4.69, 9.17) is 0 Å². The molecule has 1 amide bonds. The summed E-state index contributed by atoms with van der Waals surface area (Å²) in [5, 5.41) is 21.1. The van der Waals surface area contributed by atoms with Gasteiger partial charge in [0.15, 0.2) is 0 Å². The molecule has 0 saturated carbocycles. The average Bonchev–Trinajstić information content (AvgIpc) is 2.73. The van der Waals surface area contributed by atoms with Gasteiger partial charge in [-0.3, -0.25) is 14.5 Å². The quantitative estimate of drug-likeness (QED) is 0.776. The Kier molecular flexibility index (Phi) is 3.73. The van der Waals surface area contributed by atoms with Crippen LogP contribution in [-0.2, 0) is 19.5 Å². The molecule has 2 aliphatic heterocycles. The molecule has 21 heavy (non-hydrogen) atoms. The molecule has 7 nitrogen and oxygen atoms in total. The van der Waals surface area contributed by atoms with Crippen LogP contribution in [0.2, 0.25) is 0 Å². The minimum Gasteiger partial charge on any atom is -0.392 e. The lowest BCUT2D eigenvalue weighted by Crippen LogP contribution is -2.46. The number of aromatic nitrogens is 2. The first-order valence-electron chi connectivity index (χ1n) is 7.50. The van der Waals surface area contributed by atoms with Crippen LogP contribution in [0.15, 0.2) is 0 Å². The predicted molar refractivity (Wildman–Crippen MR) is 77.6 cm³/mol. The van der Waals surface area contributed by atoms with Gasteiger partial charge >= 0.3 is 0 Å². The summed E-state index contributed by atoms with van der Waals surface area (Å²) in [6.45, 7) is 6.34. The van der Waals surface area contributed by atoms with E-state index in [1.807, 2.05) is 9.69 Å². The van der Waals surface area contributed by atoms with Crippen LogP contribution >= 0.6 is 0 Å². The maximum Gasteiger partial charge on any atom is 0.286 e. The molecule has 2 atom stereocenters. The van der Waals surface area contributed by atoms with E-state index in [-0.39, 0.29) is 5.91 Å². The molecule has 0 bridgehead atoms. The number of carbonyl (C=O) groups excluding carboxylic acids is 1. The van der Waals surface area contributed by atoms with Crippen molar-refractivity contribution in [3.63, 3.8) is 0 Å². The summed E-state index contributed by atoms with van der Waals surface area (Å²) < 4.78 is 1.84. The van der Waals surface area contributed by atoms with Crippen LogP contribution in [0.25, 0.3) is 0 Å². The molecule has 2 N–H and O–H groups in total. The van der Waals surface area contributed by atoms with E-state index in [2.05, 4.69) is 17.3 Å². The fraction of sp³-hybridized carbons (Fsp3) is 0.714. The van der Waals surface area contributed by atoms with Gasteiger partial charge in [0.05, 0.1) is 18.3 Å². The summed E-state index contributed by atoms with van der Waals surface area (Å²) >= 11 is 0. The molecule has 0 fully saturated rings. The molecular formula is C14H23N5O2. The third kappa shape index (κ3) is 2.56. The van der Waals surface area contributed by atoms with Crippen molar-refractivity contribution in [2.75, 3.05) is 20.1 Å². The van der Waals surface area contributed by atoms with E-state index in [0.717, 1.165) is 17.7 Å². The highest BCUT2D eigenvalue weighted by molar-refractivity contribution is 5.94. The molecule has 1 aromatic rings. The molecule has 0 spiro atoms. The Morgan fingerprint density at radius 3 is 2.95 bits per heavy atom. The zero-order valence-corrected chi connectivity index (χ0v) is 12.8. The summed E-state index contributed by atoms with van der Waals surface area (Å²) in [6, 6.07) is 0.399. The van der Waals surface area contributed by atoms with Gasteiger partial charge in [0, 0.05) is 44.7 Å². The topological polar surface area (TPSA) is 73.6 Å². The van der Waals surface area contributed by atoms with Gasteiger partial charge in [-0.2, -0.15) is 5.10 Å². The molecule has 116 valence electrons. The van der Waals surface area contributed by atoms with Crippen LogP contribution in [0.4, 0.5) is 0 Å². The van der Waals surface area contributed by atoms with Crippen LogP contribution in [0.3, 0.4) is 0 Å². The van der Waals surface area contributed by atoms with Gasteiger partial charge in [-0.05, 0) is 13.8 Å². The van der Waals surface area contributed by atoms with Gasteiger partial charge in [0.25, 0.3) is 5.91 Å². The van der Waals surface area contributed by atoms with Crippen molar-refractivity contribution in [2.24, 2.45) is 0 Å². The van der Waals surface area contributed by atoms with E-state index >= 15 is 0 Å². The third-order valence-corrected chi connectivity index (χ3v) is 4.23. The van der Waals surface area contributed by atoms with Crippen LogP contribution in [0.1, 0.15) is 35.6 Å². The fourth-order valence-corrected chi connectivity index (χ4v) is 3.10. The second-order valence-electron chi connectivity index (χ2n) is 6.07. The first-order valence-corrected chi connectivity index (χ1v) is 7.50. The van der Waals surface area contributed by atoms with Crippen molar-refractivity contribution in [3.8, 4) is 0 Å². The number of nitrogens with one attached hydrogen (secondary N) is 1.